The monoisotopic (exact) mass is 363 g/mol. The largest absolute Gasteiger partial charge is 0.377 e. The van der Waals surface area contributed by atoms with E-state index < -0.39 is 0 Å². The van der Waals surface area contributed by atoms with Gasteiger partial charge in [-0.25, -0.2) is 4.68 Å². The van der Waals surface area contributed by atoms with Crippen LogP contribution in [0, 0.1) is 0 Å². The van der Waals surface area contributed by atoms with E-state index in [-0.39, 0.29) is 11.6 Å². The smallest absolute Gasteiger partial charge is 0.165 e. The van der Waals surface area contributed by atoms with Crippen LogP contribution in [0.15, 0.2) is 24.3 Å². The molecule has 0 aliphatic carbocycles. The molecule has 7 heteroatoms. The summed E-state index contributed by atoms with van der Waals surface area (Å²) >= 11 is 6.01. The first kappa shape index (κ1) is 18.3. The van der Waals surface area contributed by atoms with Gasteiger partial charge in [-0.2, -0.15) is 0 Å². The van der Waals surface area contributed by atoms with Crippen LogP contribution in [0.1, 0.15) is 45.0 Å². The fraction of sp³-hybridized carbons (Fsp3) is 0.611. The summed E-state index contributed by atoms with van der Waals surface area (Å²) in [5, 5.41) is 13.1. The molecule has 1 aromatic carbocycles. The standard InChI is InChI=1S/C18H26ClN5O/c1-18(2,3)24-17(20-21-22-24)13-23(12-16-5-4-10-25-16)11-14-6-8-15(19)9-7-14/h6-9,16H,4-5,10-13H2,1-3H3/t16-/m0/s1. The van der Waals surface area contributed by atoms with Crippen LogP contribution in [0.4, 0.5) is 0 Å². The van der Waals surface area contributed by atoms with Gasteiger partial charge in [-0.15, -0.1) is 5.10 Å². The number of ether oxygens (including phenoxy) is 1. The van der Waals surface area contributed by atoms with Gasteiger partial charge in [0.15, 0.2) is 5.82 Å². The molecule has 0 saturated carbocycles. The highest BCUT2D eigenvalue weighted by atomic mass is 35.5. The molecule has 1 aliphatic rings. The van der Waals surface area contributed by atoms with E-state index in [1.807, 2.05) is 16.8 Å². The molecule has 1 saturated heterocycles. The average Bonchev–Trinajstić information content (AvgIpc) is 3.20. The van der Waals surface area contributed by atoms with E-state index in [0.29, 0.717) is 6.54 Å². The van der Waals surface area contributed by atoms with E-state index in [1.54, 1.807) is 0 Å². The second kappa shape index (κ2) is 7.81. The van der Waals surface area contributed by atoms with E-state index in [0.717, 1.165) is 43.4 Å². The molecule has 0 N–H and O–H groups in total. The molecular formula is C18H26ClN5O. The van der Waals surface area contributed by atoms with E-state index in [1.165, 1.54) is 5.56 Å². The summed E-state index contributed by atoms with van der Waals surface area (Å²) < 4.78 is 7.74. The highest BCUT2D eigenvalue weighted by Crippen LogP contribution is 2.19. The van der Waals surface area contributed by atoms with Crippen LogP contribution in [0.25, 0.3) is 0 Å². The normalized spacial score (nSPS) is 18.2. The first-order valence-corrected chi connectivity index (χ1v) is 9.16. The summed E-state index contributed by atoms with van der Waals surface area (Å²) in [7, 11) is 0. The lowest BCUT2D eigenvalue weighted by Gasteiger charge is -2.27. The molecule has 136 valence electrons. The molecule has 0 unspecified atom stereocenters. The molecule has 0 amide bonds. The molecule has 2 heterocycles. The number of hydrogen-bond donors (Lipinski definition) is 0. The zero-order chi connectivity index (χ0) is 17.9. The SMILES string of the molecule is CC(C)(C)n1nnnc1CN(Cc1ccc(Cl)cc1)C[C@@H]1CCCO1. The summed E-state index contributed by atoms with van der Waals surface area (Å²) in [4.78, 5) is 2.35. The molecule has 1 aromatic heterocycles. The summed E-state index contributed by atoms with van der Waals surface area (Å²) in [6.45, 7) is 9.56. The molecule has 2 aromatic rings. The van der Waals surface area contributed by atoms with Gasteiger partial charge in [0.2, 0.25) is 0 Å². The van der Waals surface area contributed by atoms with Crippen molar-refractivity contribution >= 4 is 11.6 Å². The van der Waals surface area contributed by atoms with Crippen molar-refractivity contribution in [2.75, 3.05) is 13.2 Å². The lowest BCUT2D eigenvalue weighted by atomic mass is 10.1. The second-order valence-electron chi connectivity index (χ2n) is 7.61. The van der Waals surface area contributed by atoms with Crippen LogP contribution in [0.5, 0.6) is 0 Å². The Balaban J connectivity index is 1.76. The van der Waals surface area contributed by atoms with Gasteiger partial charge in [0.1, 0.15) is 0 Å². The molecule has 0 spiro atoms. The number of hydrogen-bond acceptors (Lipinski definition) is 5. The summed E-state index contributed by atoms with van der Waals surface area (Å²) in [6.07, 6.45) is 2.53. The van der Waals surface area contributed by atoms with Crippen LogP contribution in [-0.4, -0.2) is 44.4 Å². The summed E-state index contributed by atoms with van der Waals surface area (Å²) in [5.74, 6) is 0.875. The average molecular weight is 364 g/mol. The second-order valence-corrected chi connectivity index (χ2v) is 8.05. The van der Waals surface area contributed by atoms with E-state index in [2.05, 4.69) is 53.3 Å². The third kappa shape index (κ3) is 5.00. The van der Waals surface area contributed by atoms with Crippen molar-refractivity contribution in [3.05, 3.63) is 40.7 Å². The number of benzene rings is 1. The molecule has 1 aliphatic heterocycles. The zero-order valence-corrected chi connectivity index (χ0v) is 15.9. The molecule has 1 fully saturated rings. The van der Waals surface area contributed by atoms with E-state index >= 15 is 0 Å². The van der Waals surface area contributed by atoms with Crippen LogP contribution >= 0.6 is 11.6 Å². The maximum Gasteiger partial charge on any atom is 0.165 e. The lowest BCUT2D eigenvalue weighted by Crippen LogP contribution is -2.34. The van der Waals surface area contributed by atoms with Gasteiger partial charge < -0.3 is 4.74 Å². The topological polar surface area (TPSA) is 56.1 Å². The van der Waals surface area contributed by atoms with Gasteiger partial charge in [-0.3, -0.25) is 4.90 Å². The minimum Gasteiger partial charge on any atom is -0.377 e. The maximum absolute atomic E-state index is 6.01. The van der Waals surface area contributed by atoms with Crippen molar-refractivity contribution in [3.63, 3.8) is 0 Å². The van der Waals surface area contributed by atoms with Gasteiger partial charge in [0, 0.05) is 24.7 Å². The minimum absolute atomic E-state index is 0.144. The summed E-state index contributed by atoms with van der Waals surface area (Å²) in [5.41, 5.74) is 1.08. The van der Waals surface area contributed by atoms with Crippen molar-refractivity contribution in [1.29, 1.82) is 0 Å². The Labute approximate surface area is 154 Å². The van der Waals surface area contributed by atoms with Crippen molar-refractivity contribution in [3.8, 4) is 0 Å². The fourth-order valence-electron chi connectivity index (χ4n) is 3.13. The summed E-state index contributed by atoms with van der Waals surface area (Å²) in [6, 6.07) is 8.00. The number of nitrogens with zero attached hydrogens (tertiary/aromatic N) is 5. The molecule has 3 rings (SSSR count). The molecule has 0 bridgehead atoms. The van der Waals surface area contributed by atoms with Crippen LogP contribution in [0.2, 0.25) is 5.02 Å². The Morgan fingerprint density at radius 3 is 2.64 bits per heavy atom. The predicted molar refractivity (Wildman–Crippen MR) is 97.4 cm³/mol. The van der Waals surface area contributed by atoms with Crippen LogP contribution < -0.4 is 0 Å². The van der Waals surface area contributed by atoms with Crippen LogP contribution in [0.3, 0.4) is 0 Å². The zero-order valence-electron chi connectivity index (χ0n) is 15.2. The van der Waals surface area contributed by atoms with Gasteiger partial charge in [-0.1, -0.05) is 23.7 Å². The number of tetrazole rings is 1. The molecule has 1 atom stereocenters. The Bertz CT molecular complexity index is 674. The molecule has 0 radical (unpaired) electrons. The van der Waals surface area contributed by atoms with Crippen molar-refractivity contribution < 1.29 is 4.74 Å². The van der Waals surface area contributed by atoms with Gasteiger partial charge in [0.25, 0.3) is 0 Å². The highest BCUT2D eigenvalue weighted by molar-refractivity contribution is 6.30. The van der Waals surface area contributed by atoms with E-state index in [9.17, 15) is 0 Å². The Morgan fingerprint density at radius 1 is 1.24 bits per heavy atom. The lowest BCUT2D eigenvalue weighted by molar-refractivity contribution is 0.0659. The molecule has 25 heavy (non-hydrogen) atoms. The molecule has 6 nitrogen and oxygen atoms in total. The quantitative estimate of drug-likeness (QED) is 0.788. The Hall–Kier alpha value is -1.50. The van der Waals surface area contributed by atoms with Crippen LogP contribution in [-0.2, 0) is 23.4 Å². The maximum atomic E-state index is 6.01. The number of rotatable bonds is 6. The van der Waals surface area contributed by atoms with E-state index in [4.69, 9.17) is 16.3 Å². The van der Waals surface area contributed by atoms with Crippen molar-refractivity contribution in [1.82, 2.24) is 25.1 Å². The Morgan fingerprint density at radius 2 is 2.00 bits per heavy atom. The third-order valence-corrected chi connectivity index (χ3v) is 4.59. The minimum atomic E-state index is -0.144. The third-order valence-electron chi connectivity index (χ3n) is 4.34. The highest BCUT2D eigenvalue weighted by Gasteiger charge is 2.24. The van der Waals surface area contributed by atoms with Crippen molar-refractivity contribution in [2.45, 2.75) is 58.3 Å². The number of aromatic nitrogens is 4. The first-order valence-electron chi connectivity index (χ1n) is 8.78. The van der Waals surface area contributed by atoms with Gasteiger partial charge in [-0.05, 0) is 61.7 Å². The predicted octanol–water partition coefficient (Wildman–Crippen LogP) is 3.26. The van der Waals surface area contributed by atoms with Crippen molar-refractivity contribution in [2.24, 2.45) is 0 Å². The fourth-order valence-corrected chi connectivity index (χ4v) is 3.26. The molecular weight excluding hydrogens is 338 g/mol. The number of halogens is 1. The van der Waals surface area contributed by atoms with Gasteiger partial charge >= 0.3 is 0 Å². The Kier molecular flexibility index (Phi) is 5.71. The van der Waals surface area contributed by atoms with Gasteiger partial charge in [0.05, 0.1) is 18.2 Å². The first-order chi connectivity index (χ1) is 11.9.